The van der Waals surface area contributed by atoms with Crippen LogP contribution in [0.5, 0.6) is 0 Å². The molecule has 0 radical (unpaired) electrons. The smallest absolute Gasteiger partial charge is 0.258 e. The van der Waals surface area contributed by atoms with Gasteiger partial charge >= 0.3 is 0 Å². The minimum Gasteiger partial charge on any atom is -0.396 e. The van der Waals surface area contributed by atoms with Crippen LogP contribution in [0.4, 0.5) is 0 Å². The van der Waals surface area contributed by atoms with Gasteiger partial charge in [-0.1, -0.05) is 98.5 Å². The molecule has 8 aliphatic rings. The van der Waals surface area contributed by atoms with Crippen molar-refractivity contribution in [2.75, 3.05) is 26.3 Å². The van der Waals surface area contributed by atoms with Gasteiger partial charge in [0.2, 0.25) is 11.8 Å². The molecule has 4 fully saturated rings. The van der Waals surface area contributed by atoms with E-state index >= 15 is 0 Å². The molecular formula is C60H74N6O6. The fraction of sp³-hybridized carbons (Fsp3) is 0.533. The molecular weight excluding hydrogens is 901 g/mol. The molecule has 2 saturated heterocycles. The predicted molar refractivity (Wildman–Crippen MR) is 281 cm³/mol. The molecule has 6 heterocycles. The van der Waals surface area contributed by atoms with E-state index in [-0.39, 0.29) is 96.1 Å². The van der Waals surface area contributed by atoms with E-state index in [9.17, 15) is 29.4 Å². The summed E-state index contributed by atoms with van der Waals surface area (Å²) in [6.07, 6.45) is 20.7. The van der Waals surface area contributed by atoms with E-state index in [1.807, 2.05) is 59.4 Å². The van der Waals surface area contributed by atoms with Crippen molar-refractivity contribution >= 4 is 24.0 Å². The zero-order valence-electron chi connectivity index (χ0n) is 42.2. The maximum absolute atomic E-state index is 13.9. The second kappa shape index (κ2) is 20.8. The summed E-state index contributed by atoms with van der Waals surface area (Å²) in [6.45, 7) is 6.58. The topological polar surface area (TPSA) is 149 Å². The first-order valence-corrected chi connectivity index (χ1v) is 27.4. The van der Waals surface area contributed by atoms with Gasteiger partial charge in [0, 0.05) is 97.7 Å². The molecule has 0 spiro atoms. The highest BCUT2D eigenvalue weighted by molar-refractivity contribution is 5.84. The van der Waals surface area contributed by atoms with Crippen LogP contribution in [0.15, 0.2) is 94.5 Å². The Hall–Kier alpha value is -5.40. The summed E-state index contributed by atoms with van der Waals surface area (Å²) >= 11 is 0. The number of aliphatic hydroxyl groups excluding tert-OH is 2. The lowest BCUT2D eigenvalue weighted by Crippen LogP contribution is -2.52. The number of carbonyl (C=O) groups is 2. The van der Waals surface area contributed by atoms with Crippen molar-refractivity contribution in [1.82, 2.24) is 29.6 Å². The maximum atomic E-state index is 13.9. The van der Waals surface area contributed by atoms with E-state index in [1.54, 1.807) is 0 Å². The SMILES string of the molecule is C/C=C/c1ccc2n(c1=O)C[C@@H]1[C@@H](CO)[C@H](C(=O)NC3Cc4ccccc4C3)N(CC3CCCC3)[C@H]21.C/C=C\c1ccc2n(c1=O)C[C@@H]1[C@@H](CO)[C@H](C(=O)NC3Cc4ccccc4C3)N(CC3CCCC3)[C@H]21. The number of pyridine rings is 2. The van der Waals surface area contributed by atoms with Crippen molar-refractivity contribution in [2.45, 2.75) is 140 Å². The van der Waals surface area contributed by atoms with E-state index in [1.165, 1.54) is 73.6 Å². The molecule has 72 heavy (non-hydrogen) atoms. The fourth-order valence-electron chi connectivity index (χ4n) is 15.2. The van der Waals surface area contributed by atoms with Crippen LogP contribution in [0, 0.1) is 35.5 Å². The van der Waals surface area contributed by atoms with Crippen molar-refractivity contribution in [3.05, 3.63) is 150 Å². The lowest BCUT2D eigenvalue weighted by atomic mass is 9.88. The number of hydrogen-bond acceptors (Lipinski definition) is 8. The van der Waals surface area contributed by atoms with Gasteiger partial charge in [0.25, 0.3) is 11.1 Å². The summed E-state index contributed by atoms with van der Waals surface area (Å²) in [4.78, 5) is 59.0. The first-order valence-electron chi connectivity index (χ1n) is 27.4. The number of aliphatic hydroxyl groups is 2. The van der Waals surface area contributed by atoms with Gasteiger partial charge in [0.05, 0.1) is 24.2 Å². The van der Waals surface area contributed by atoms with Crippen LogP contribution in [-0.4, -0.2) is 91.4 Å². The van der Waals surface area contributed by atoms with Crippen LogP contribution in [0.1, 0.15) is 122 Å². The first-order chi connectivity index (χ1) is 35.2. The Morgan fingerprint density at radius 2 is 0.917 bits per heavy atom. The zero-order valence-corrected chi connectivity index (χ0v) is 42.2. The largest absolute Gasteiger partial charge is 0.396 e. The van der Waals surface area contributed by atoms with Crippen LogP contribution in [-0.2, 0) is 48.4 Å². The second-order valence-electron chi connectivity index (χ2n) is 22.5. The van der Waals surface area contributed by atoms with Gasteiger partial charge in [-0.25, -0.2) is 0 Å². The second-order valence-corrected chi connectivity index (χ2v) is 22.5. The number of allylic oxidation sites excluding steroid dienone is 2. The number of nitrogens with one attached hydrogen (secondary N) is 2. The number of likely N-dealkylation sites (tertiary alicyclic amines) is 2. The quantitative estimate of drug-likeness (QED) is 0.124. The van der Waals surface area contributed by atoms with Crippen molar-refractivity contribution < 1.29 is 19.8 Å². The molecule has 2 amide bonds. The normalized spacial score (nSPS) is 28.1. The highest BCUT2D eigenvalue weighted by Crippen LogP contribution is 2.52. The third-order valence-corrected chi connectivity index (χ3v) is 18.4. The average molecular weight is 975 g/mol. The molecule has 0 bridgehead atoms. The minimum atomic E-state index is -0.367. The van der Waals surface area contributed by atoms with Crippen LogP contribution in [0.3, 0.4) is 0 Å². The van der Waals surface area contributed by atoms with E-state index in [0.717, 1.165) is 50.2 Å². The molecule has 4 aliphatic carbocycles. The Morgan fingerprint density at radius 1 is 0.556 bits per heavy atom. The molecule has 380 valence electrons. The lowest BCUT2D eigenvalue weighted by Gasteiger charge is -2.33. The fourth-order valence-corrected chi connectivity index (χ4v) is 15.2. The Morgan fingerprint density at radius 3 is 1.25 bits per heavy atom. The number of fused-ring (bicyclic) bond motifs is 8. The molecule has 4 aromatic rings. The number of aromatic nitrogens is 2. The molecule has 2 saturated carbocycles. The third-order valence-electron chi connectivity index (χ3n) is 18.4. The maximum Gasteiger partial charge on any atom is 0.258 e. The van der Waals surface area contributed by atoms with E-state index < -0.39 is 0 Å². The summed E-state index contributed by atoms with van der Waals surface area (Å²) < 4.78 is 3.80. The van der Waals surface area contributed by atoms with Crippen molar-refractivity contribution in [3.63, 3.8) is 0 Å². The number of benzene rings is 2. The molecule has 4 N–H and O–H groups in total. The average Bonchev–Trinajstić information content (AvgIpc) is 4.25. The van der Waals surface area contributed by atoms with Gasteiger partial charge < -0.3 is 30.0 Å². The molecule has 12 rings (SSSR count). The van der Waals surface area contributed by atoms with Gasteiger partial charge in [-0.3, -0.25) is 29.0 Å². The number of nitrogens with zero attached hydrogens (tertiary/aromatic N) is 4. The van der Waals surface area contributed by atoms with Gasteiger partial charge in [0.1, 0.15) is 0 Å². The Labute approximate surface area is 424 Å². The monoisotopic (exact) mass is 975 g/mol. The van der Waals surface area contributed by atoms with E-state index in [2.05, 4.69) is 81.1 Å². The summed E-state index contributed by atoms with van der Waals surface area (Å²) in [6, 6.07) is 24.3. The highest BCUT2D eigenvalue weighted by atomic mass is 16.3. The van der Waals surface area contributed by atoms with Crippen molar-refractivity contribution in [2.24, 2.45) is 35.5 Å². The third kappa shape index (κ3) is 8.98. The van der Waals surface area contributed by atoms with Crippen molar-refractivity contribution in [3.8, 4) is 0 Å². The first kappa shape index (κ1) is 48.8. The number of hydrogen-bond donors (Lipinski definition) is 4. The van der Waals surface area contributed by atoms with Gasteiger partial charge in [-0.15, -0.1) is 0 Å². The van der Waals surface area contributed by atoms with Gasteiger partial charge in [-0.05, 0) is 124 Å². The number of carbonyl (C=O) groups excluding carboxylic acids is 2. The van der Waals surface area contributed by atoms with Crippen LogP contribution < -0.4 is 21.8 Å². The number of amides is 2. The summed E-state index contributed by atoms with van der Waals surface area (Å²) in [5.41, 5.74) is 8.71. The Balaban J connectivity index is 0.000000156. The molecule has 8 atom stereocenters. The Bertz CT molecular complexity index is 2600. The highest BCUT2D eigenvalue weighted by Gasteiger charge is 2.57. The molecule has 2 aromatic carbocycles. The molecule has 0 unspecified atom stereocenters. The van der Waals surface area contributed by atoms with Gasteiger partial charge in [0.15, 0.2) is 0 Å². The van der Waals surface area contributed by atoms with Gasteiger partial charge in [-0.2, -0.15) is 0 Å². The van der Waals surface area contributed by atoms with E-state index in [4.69, 9.17) is 0 Å². The standard InChI is InChI=1S/2C30H37N3O3/c2*1-2-7-20-12-13-26-27-24(17-32(26)30(20)36)25(18-34)28(33(27)16-19-8-3-4-9-19)29(35)31-23-14-21-10-5-6-11-22(21)15-23/h2*2,5-7,10-13,19,23-25,27-28,34H,3-4,8-9,14-18H2,1H3,(H,31,35)/b7-2+;7-2-/t2*24-,25-,27+,28-/m11/s1. The zero-order chi connectivity index (χ0) is 49.6. The number of rotatable bonds is 12. The molecule has 12 nitrogen and oxygen atoms in total. The van der Waals surface area contributed by atoms with Crippen LogP contribution in [0.25, 0.3) is 12.2 Å². The minimum absolute atomic E-state index is 0.00775. The van der Waals surface area contributed by atoms with Crippen molar-refractivity contribution in [1.29, 1.82) is 0 Å². The molecule has 2 aromatic heterocycles. The lowest BCUT2D eigenvalue weighted by molar-refractivity contribution is -0.129. The molecule has 4 aliphatic heterocycles. The predicted octanol–water partition coefficient (Wildman–Crippen LogP) is 6.64. The van der Waals surface area contributed by atoms with Crippen LogP contribution >= 0.6 is 0 Å². The summed E-state index contributed by atoms with van der Waals surface area (Å²) in [5.74, 6) is 0.948. The Kier molecular flexibility index (Phi) is 14.1. The van der Waals surface area contributed by atoms with Crippen LogP contribution in [0.2, 0.25) is 0 Å². The molecule has 12 heteroatoms. The van der Waals surface area contributed by atoms with E-state index in [0.29, 0.717) is 36.1 Å². The summed E-state index contributed by atoms with van der Waals surface area (Å²) in [5, 5.41) is 27.9. The summed E-state index contributed by atoms with van der Waals surface area (Å²) in [7, 11) is 0.